The van der Waals surface area contributed by atoms with E-state index in [0.29, 0.717) is 60.7 Å². The van der Waals surface area contributed by atoms with Crippen LogP contribution in [0.25, 0.3) is 10.4 Å². The van der Waals surface area contributed by atoms with Crippen LogP contribution in [0.3, 0.4) is 0 Å². The van der Waals surface area contributed by atoms with E-state index in [1.54, 1.807) is 39.0 Å². The van der Waals surface area contributed by atoms with Gasteiger partial charge in [-0.3, -0.25) is 19.2 Å². The maximum Gasteiger partial charge on any atom is 0.407 e. The van der Waals surface area contributed by atoms with Crippen LogP contribution < -0.4 is 26.6 Å². The fraction of sp³-hybridized carbons (Fsp3) is 0.607. The number of alkyl halides is 1. The number of carbonyl (C=O) groups is 5. The van der Waals surface area contributed by atoms with E-state index in [4.69, 9.17) is 10.3 Å². The average Bonchev–Trinajstić information content (AvgIpc) is 2.96. The van der Waals surface area contributed by atoms with Crippen LogP contribution in [0.2, 0.25) is 0 Å². The van der Waals surface area contributed by atoms with Gasteiger partial charge in [-0.25, -0.2) is 4.79 Å². The third-order valence-corrected chi connectivity index (χ3v) is 6.63. The molecule has 0 saturated heterocycles. The number of likely N-dealkylation sites (N-methyl/N-ethyl adjacent to an activating group) is 1. The van der Waals surface area contributed by atoms with Crippen molar-refractivity contribution < 1.29 is 28.7 Å². The van der Waals surface area contributed by atoms with Crippen LogP contribution >= 0.6 is 22.6 Å². The maximum absolute atomic E-state index is 13.4. The predicted molar refractivity (Wildman–Crippen MR) is 170 cm³/mol. The summed E-state index contributed by atoms with van der Waals surface area (Å²) in [4.78, 5) is 64.6. The fourth-order valence-corrected chi connectivity index (χ4v) is 4.11. The Labute approximate surface area is 266 Å². The van der Waals surface area contributed by atoms with Crippen molar-refractivity contribution in [2.24, 2.45) is 5.11 Å². The highest BCUT2D eigenvalue weighted by Crippen LogP contribution is 2.15. The Bertz CT molecular complexity index is 1150. The molecule has 1 aromatic carbocycles. The lowest BCUT2D eigenvalue weighted by molar-refractivity contribution is -0.123. The molecule has 0 fully saturated rings. The zero-order valence-corrected chi connectivity index (χ0v) is 27.4. The van der Waals surface area contributed by atoms with Crippen molar-refractivity contribution in [3.63, 3.8) is 0 Å². The van der Waals surface area contributed by atoms with Gasteiger partial charge >= 0.3 is 6.09 Å². The number of amides is 5. The first-order valence-electron chi connectivity index (χ1n) is 14.1. The van der Waals surface area contributed by atoms with E-state index < -0.39 is 23.6 Å². The van der Waals surface area contributed by atoms with Gasteiger partial charge in [0.2, 0.25) is 17.7 Å². The molecule has 43 heavy (non-hydrogen) atoms. The standard InChI is InChI=1S/C28H43IN8O6/c1-28(2,3)43-27(42)34-18-20-15-19(17-33-23(38)10-6-8-14-35-37-30)11-12-21(20)25(40)36-22(26(41)31-4)9-5-7-13-32-24(39)16-29/h11-12,15,22H,5-10,13-14,16-18H2,1-4H3,(H,31,41)(H,32,39)(H,33,38)(H,34,42)(H,36,40)/t22-/m0/s1. The number of ether oxygens (including phenoxy) is 1. The molecule has 1 atom stereocenters. The van der Waals surface area contributed by atoms with Crippen LogP contribution in [0.15, 0.2) is 23.3 Å². The van der Waals surface area contributed by atoms with Gasteiger partial charge in [0.25, 0.3) is 5.91 Å². The molecule has 0 aromatic heterocycles. The number of rotatable bonds is 18. The third-order valence-electron chi connectivity index (χ3n) is 5.93. The highest BCUT2D eigenvalue weighted by Gasteiger charge is 2.23. The van der Waals surface area contributed by atoms with E-state index in [1.165, 1.54) is 7.05 Å². The Hall–Kier alpha value is -3.59. The number of nitrogens with one attached hydrogen (secondary N) is 5. The maximum atomic E-state index is 13.4. The van der Waals surface area contributed by atoms with Crippen LogP contribution in [0.5, 0.6) is 0 Å². The zero-order chi connectivity index (χ0) is 32.3. The van der Waals surface area contributed by atoms with E-state index in [0.717, 1.165) is 0 Å². The molecule has 0 saturated carbocycles. The molecule has 0 unspecified atom stereocenters. The summed E-state index contributed by atoms with van der Waals surface area (Å²) in [7, 11) is 1.49. The first kappa shape index (κ1) is 37.4. The van der Waals surface area contributed by atoms with Crippen molar-refractivity contribution in [3.05, 3.63) is 45.3 Å². The van der Waals surface area contributed by atoms with Gasteiger partial charge in [0.15, 0.2) is 0 Å². The molecular weight excluding hydrogens is 671 g/mol. The highest BCUT2D eigenvalue weighted by atomic mass is 127. The first-order chi connectivity index (χ1) is 20.4. The molecular formula is C28H43IN8O6. The minimum atomic E-state index is -0.803. The second-order valence-corrected chi connectivity index (χ2v) is 11.4. The van der Waals surface area contributed by atoms with Crippen LogP contribution in [-0.4, -0.2) is 65.9 Å². The zero-order valence-electron chi connectivity index (χ0n) is 25.3. The van der Waals surface area contributed by atoms with Crippen molar-refractivity contribution >= 4 is 52.3 Å². The second-order valence-electron chi connectivity index (χ2n) is 10.7. The number of hydrogen-bond acceptors (Lipinski definition) is 7. The van der Waals surface area contributed by atoms with E-state index in [9.17, 15) is 24.0 Å². The number of azide groups is 1. The van der Waals surface area contributed by atoms with Crippen molar-refractivity contribution in [2.45, 2.75) is 84.0 Å². The topological polar surface area (TPSA) is 203 Å². The van der Waals surface area contributed by atoms with Crippen LogP contribution in [0.1, 0.15) is 80.8 Å². The Morgan fingerprint density at radius 1 is 1.00 bits per heavy atom. The summed E-state index contributed by atoms with van der Waals surface area (Å²) >= 11 is 1.98. The monoisotopic (exact) mass is 714 g/mol. The lowest BCUT2D eigenvalue weighted by Crippen LogP contribution is -2.46. The molecule has 1 rings (SSSR count). The van der Waals surface area contributed by atoms with Crippen molar-refractivity contribution in [1.82, 2.24) is 26.6 Å². The second kappa shape index (κ2) is 20.3. The van der Waals surface area contributed by atoms with Crippen molar-refractivity contribution in [3.8, 4) is 0 Å². The number of halogens is 1. The number of benzene rings is 1. The molecule has 14 nitrogen and oxygen atoms in total. The normalized spacial score (nSPS) is 11.4. The van der Waals surface area contributed by atoms with Gasteiger partial charge in [0, 0.05) is 50.1 Å². The molecule has 0 heterocycles. The number of alkyl carbamates (subject to hydrolysis) is 1. The van der Waals surface area contributed by atoms with Gasteiger partial charge in [-0.1, -0.05) is 39.8 Å². The van der Waals surface area contributed by atoms with Gasteiger partial charge in [0.05, 0.1) is 4.43 Å². The minimum absolute atomic E-state index is 0.0278. The summed E-state index contributed by atoms with van der Waals surface area (Å²) in [5.74, 6) is -1.08. The van der Waals surface area contributed by atoms with Crippen LogP contribution in [0, 0.1) is 0 Å². The van der Waals surface area contributed by atoms with Gasteiger partial charge in [-0.2, -0.15) is 0 Å². The van der Waals surface area contributed by atoms with E-state index >= 15 is 0 Å². The number of hydrogen-bond donors (Lipinski definition) is 5. The molecule has 238 valence electrons. The Morgan fingerprint density at radius 2 is 1.74 bits per heavy atom. The lowest BCUT2D eigenvalue weighted by Gasteiger charge is -2.21. The average molecular weight is 715 g/mol. The third kappa shape index (κ3) is 16.6. The Balaban J connectivity index is 2.99. The quantitative estimate of drug-likeness (QED) is 0.0385. The SMILES string of the molecule is CNC(=O)[C@H](CCCCNC(=O)CI)NC(=O)c1ccc(CNC(=O)CCCCN=[N+]=[N-])cc1CNC(=O)OC(C)(C)C. The molecule has 0 bridgehead atoms. The molecule has 5 amide bonds. The van der Waals surface area contributed by atoms with Gasteiger partial charge < -0.3 is 31.3 Å². The minimum Gasteiger partial charge on any atom is -0.444 e. The molecule has 0 radical (unpaired) electrons. The summed E-state index contributed by atoms with van der Waals surface area (Å²) in [5.41, 5.74) is 9.05. The molecule has 5 N–H and O–H groups in total. The smallest absolute Gasteiger partial charge is 0.407 e. The molecule has 0 aliphatic heterocycles. The molecule has 0 aliphatic rings. The summed E-state index contributed by atoms with van der Waals surface area (Å²) in [5, 5.41) is 17.1. The molecule has 0 aliphatic carbocycles. The number of nitrogens with zero attached hydrogens (tertiary/aromatic N) is 3. The van der Waals surface area contributed by atoms with Crippen LogP contribution in [-0.2, 0) is 32.2 Å². The summed E-state index contributed by atoms with van der Waals surface area (Å²) in [6, 6.07) is 4.18. The van der Waals surface area contributed by atoms with E-state index in [2.05, 4.69) is 36.6 Å². The number of carbonyl (C=O) groups excluding carboxylic acids is 5. The van der Waals surface area contributed by atoms with Crippen molar-refractivity contribution in [1.29, 1.82) is 0 Å². The summed E-state index contributed by atoms with van der Waals surface area (Å²) in [6.07, 6.45) is 2.41. The summed E-state index contributed by atoms with van der Waals surface area (Å²) < 4.78 is 5.68. The first-order valence-corrected chi connectivity index (χ1v) is 15.6. The summed E-state index contributed by atoms with van der Waals surface area (Å²) in [6.45, 7) is 6.19. The van der Waals surface area contributed by atoms with E-state index in [1.807, 2.05) is 22.6 Å². The van der Waals surface area contributed by atoms with Crippen LogP contribution in [0.4, 0.5) is 4.79 Å². The molecule has 0 spiro atoms. The Morgan fingerprint density at radius 3 is 2.40 bits per heavy atom. The predicted octanol–water partition coefficient (Wildman–Crippen LogP) is 3.37. The molecule has 15 heteroatoms. The van der Waals surface area contributed by atoms with Gasteiger partial charge in [-0.05, 0) is 75.6 Å². The van der Waals surface area contributed by atoms with E-state index in [-0.39, 0.29) is 42.8 Å². The Kier molecular flexibility index (Phi) is 17.7. The number of unbranched alkanes of at least 4 members (excludes halogenated alkanes) is 2. The van der Waals surface area contributed by atoms with Crippen molar-refractivity contribution in [2.75, 3.05) is 24.6 Å². The lowest BCUT2D eigenvalue weighted by atomic mass is 10.0. The molecule has 1 aromatic rings. The fourth-order valence-electron chi connectivity index (χ4n) is 3.84. The largest absolute Gasteiger partial charge is 0.444 e. The highest BCUT2D eigenvalue weighted by molar-refractivity contribution is 14.1. The van der Waals surface area contributed by atoms with Gasteiger partial charge in [-0.15, -0.1) is 0 Å². The van der Waals surface area contributed by atoms with Gasteiger partial charge in [0.1, 0.15) is 11.6 Å².